The Kier molecular flexibility index (Phi) is 6.07. The van der Waals surface area contributed by atoms with Crippen molar-refractivity contribution in [1.82, 2.24) is 24.9 Å². The summed E-state index contributed by atoms with van der Waals surface area (Å²) in [6.45, 7) is -0.0848. The van der Waals surface area contributed by atoms with Gasteiger partial charge in [-0.1, -0.05) is 23.2 Å². The van der Waals surface area contributed by atoms with Gasteiger partial charge in [-0.15, -0.1) is 10.2 Å². The first-order valence-electron chi connectivity index (χ1n) is 9.28. The Bertz CT molecular complexity index is 1290. The number of fused-ring (bicyclic) bond motifs is 1. The van der Waals surface area contributed by atoms with E-state index in [9.17, 15) is 18.0 Å². The van der Waals surface area contributed by atoms with Crippen LogP contribution in [-0.4, -0.2) is 25.5 Å². The Hall–Kier alpha value is -3.11. The van der Waals surface area contributed by atoms with E-state index in [1.165, 1.54) is 16.7 Å². The topological polar surface area (TPSA) is 85.3 Å². The van der Waals surface area contributed by atoms with Gasteiger partial charge in [0.05, 0.1) is 23.3 Å². The van der Waals surface area contributed by atoms with E-state index in [4.69, 9.17) is 27.6 Å². The fourth-order valence-corrected chi connectivity index (χ4v) is 3.45. The Morgan fingerprint density at radius 2 is 1.97 bits per heavy atom. The first-order chi connectivity index (χ1) is 15.2. The summed E-state index contributed by atoms with van der Waals surface area (Å²) in [5.74, 6) is 0.606. The first kappa shape index (κ1) is 22.1. The molecule has 12 heteroatoms. The highest BCUT2D eigenvalue weighted by atomic mass is 35.5. The highest BCUT2D eigenvalue weighted by Crippen LogP contribution is 2.31. The molecule has 0 atom stereocenters. The highest BCUT2D eigenvalue weighted by molar-refractivity contribution is 6.36. The number of oxazole rings is 1. The summed E-state index contributed by atoms with van der Waals surface area (Å²) >= 11 is 12.0. The number of rotatable bonds is 6. The molecule has 3 aromatic heterocycles. The molecule has 166 valence electrons. The Morgan fingerprint density at radius 3 is 2.72 bits per heavy atom. The van der Waals surface area contributed by atoms with Gasteiger partial charge in [0.15, 0.2) is 23.1 Å². The number of halogens is 5. The second-order valence-electron chi connectivity index (χ2n) is 6.78. The van der Waals surface area contributed by atoms with Crippen molar-refractivity contribution < 1.29 is 22.4 Å². The second kappa shape index (κ2) is 8.79. The van der Waals surface area contributed by atoms with E-state index in [1.54, 1.807) is 18.2 Å². The predicted octanol–water partition coefficient (Wildman–Crippen LogP) is 4.96. The van der Waals surface area contributed by atoms with E-state index in [0.717, 1.165) is 12.3 Å². The quantitative estimate of drug-likeness (QED) is 0.418. The van der Waals surface area contributed by atoms with Crippen molar-refractivity contribution in [2.75, 3.05) is 0 Å². The minimum Gasteiger partial charge on any atom is -0.441 e. The monoisotopic (exact) mass is 483 g/mol. The summed E-state index contributed by atoms with van der Waals surface area (Å²) in [5, 5.41) is 11.2. The minimum absolute atomic E-state index is 0.0544. The van der Waals surface area contributed by atoms with Crippen LogP contribution >= 0.6 is 23.2 Å². The molecule has 0 aliphatic heterocycles. The molecule has 0 bridgehead atoms. The molecule has 0 unspecified atom stereocenters. The lowest BCUT2D eigenvalue weighted by atomic mass is 10.2. The number of aryl methyl sites for hydroxylation is 1. The van der Waals surface area contributed by atoms with Crippen molar-refractivity contribution in [1.29, 1.82) is 0 Å². The van der Waals surface area contributed by atoms with Crippen LogP contribution in [0.25, 0.3) is 17.0 Å². The molecule has 4 aromatic rings. The number of nitrogens with one attached hydrogen (secondary N) is 1. The zero-order valence-corrected chi connectivity index (χ0v) is 17.7. The maximum Gasteiger partial charge on any atom is 0.417 e. The molecule has 0 radical (unpaired) electrons. The van der Waals surface area contributed by atoms with E-state index in [-0.39, 0.29) is 36.8 Å². The number of hydrogen-bond acceptors (Lipinski definition) is 5. The number of carbonyl (C=O) groups is 1. The molecule has 4 rings (SSSR count). The lowest BCUT2D eigenvalue weighted by molar-refractivity contribution is -0.137. The Balaban J connectivity index is 1.36. The molecule has 1 N–H and O–H groups in total. The zero-order chi connectivity index (χ0) is 22.9. The molecule has 1 aromatic carbocycles. The molecule has 0 saturated carbocycles. The number of benzene rings is 1. The lowest BCUT2D eigenvalue weighted by Gasteiger charge is -2.08. The number of carbonyl (C=O) groups excluding carboxylic acids is 1. The average molecular weight is 484 g/mol. The Labute approximate surface area is 189 Å². The van der Waals surface area contributed by atoms with Gasteiger partial charge in [-0.05, 0) is 30.3 Å². The largest absolute Gasteiger partial charge is 0.441 e. The van der Waals surface area contributed by atoms with Crippen LogP contribution in [0.2, 0.25) is 10.0 Å². The maximum atomic E-state index is 12.9. The third-order valence-corrected chi connectivity index (χ3v) is 5.11. The van der Waals surface area contributed by atoms with Gasteiger partial charge in [0.1, 0.15) is 0 Å². The summed E-state index contributed by atoms with van der Waals surface area (Å²) in [4.78, 5) is 16.3. The van der Waals surface area contributed by atoms with Crippen LogP contribution in [0.4, 0.5) is 13.2 Å². The molecule has 7 nitrogen and oxygen atoms in total. The van der Waals surface area contributed by atoms with E-state index in [2.05, 4.69) is 20.5 Å². The van der Waals surface area contributed by atoms with Gasteiger partial charge in [-0.3, -0.25) is 9.20 Å². The van der Waals surface area contributed by atoms with Gasteiger partial charge in [0.2, 0.25) is 5.91 Å². The fraction of sp³-hybridized carbons (Fsp3) is 0.200. The molecule has 0 saturated heterocycles. The smallest absolute Gasteiger partial charge is 0.417 e. The number of nitrogens with zero attached hydrogens (tertiary/aromatic N) is 4. The second-order valence-corrected chi connectivity index (χ2v) is 7.62. The number of pyridine rings is 1. The van der Waals surface area contributed by atoms with Gasteiger partial charge in [0, 0.05) is 29.6 Å². The molecule has 32 heavy (non-hydrogen) atoms. The summed E-state index contributed by atoms with van der Waals surface area (Å²) in [6.07, 6.45) is -1.82. The van der Waals surface area contributed by atoms with Crippen molar-refractivity contribution in [2.24, 2.45) is 0 Å². The third kappa shape index (κ3) is 4.86. The number of alkyl halides is 3. The number of amides is 1. The normalized spacial score (nSPS) is 11.8. The van der Waals surface area contributed by atoms with Gasteiger partial charge < -0.3 is 9.73 Å². The molecular formula is C20H14Cl2F3N5O2. The van der Waals surface area contributed by atoms with E-state index in [1.807, 2.05) is 0 Å². The van der Waals surface area contributed by atoms with Crippen molar-refractivity contribution in [3.63, 3.8) is 0 Å². The lowest BCUT2D eigenvalue weighted by Crippen LogP contribution is -2.24. The highest BCUT2D eigenvalue weighted by Gasteiger charge is 2.31. The van der Waals surface area contributed by atoms with Crippen molar-refractivity contribution in [2.45, 2.75) is 25.6 Å². The average Bonchev–Trinajstić information content (AvgIpc) is 3.36. The van der Waals surface area contributed by atoms with Gasteiger partial charge in [0.25, 0.3) is 0 Å². The van der Waals surface area contributed by atoms with E-state index >= 15 is 0 Å². The number of hydrogen-bond donors (Lipinski definition) is 1. The van der Waals surface area contributed by atoms with Crippen LogP contribution in [0.15, 0.2) is 47.1 Å². The summed E-state index contributed by atoms with van der Waals surface area (Å²) in [5.41, 5.74) is 0.0319. The van der Waals surface area contributed by atoms with Crippen molar-refractivity contribution in [3.05, 3.63) is 70.0 Å². The zero-order valence-electron chi connectivity index (χ0n) is 16.2. The van der Waals surface area contributed by atoms with Crippen LogP contribution in [0.5, 0.6) is 0 Å². The molecule has 0 aliphatic carbocycles. The van der Waals surface area contributed by atoms with Crippen LogP contribution < -0.4 is 5.32 Å². The predicted molar refractivity (Wildman–Crippen MR) is 110 cm³/mol. The van der Waals surface area contributed by atoms with Crippen LogP contribution in [-0.2, 0) is 23.9 Å². The maximum absolute atomic E-state index is 12.9. The SMILES string of the molecule is O=C(CCc1ncc(-c2ccc(Cl)cc2Cl)o1)NCc1nnc2ccc(C(F)(F)F)cn12. The summed E-state index contributed by atoms with van der Waals surface area (Å²) in [7, 11) is 0. The Morgan fingerprint density at radius 1 is 1.16 bits per heavy atom. The standard InChI is InChI=1S/C20H14Cl2F3N5O2/c21-12-2-3-13(14(22)7-12)15-8-27-19(32-15)6-5-18(31)26-9-17-29-28-16-4-1-11(10-30(16)17)20(23,24)25/h1-4,7-8,10H,5-6,9H2,(H,26,31). The molecule has 0 aliphatic rings. The summed E-state index contributed by atoms with van der Waals surface area (Å²) in [6, 6.07) is 7.10. The first-order valence-corrected chi connectivity index (χ1v) is 10.0. The van der Waals surface area contributed by atoms with Gasteiger partial charge >= 0.3 is 6.18 Å². The van der Waals surface area contributed by atoms with Crippen LogP contribution in [0.1, 0.15) is 23.7 Å². The van der Waals surface area contributed by atoms with E-state index in [0.29, 0.717) is 27.3 Å². The third-order valence-electron chi connectivity index (χ3n) is 4.56. The van der Waals surface area contributed by atoms with Crippen LogP contribution in [0, 0.1) is 0 Å². The summed E-state index contributed by atoms with van der Waals surface area (Å²) < 4.78 is 45.6. The van der Waals surface area contributed by atoms with Crippen molar-refractivity contribution in [3.8, 4) is 11.3 Å². The van der Waals surface area contributed by atoms with Crippen LogP contribution in [0.3, 0.4) is 0 Å². The fourth-order valence-electron chi connectivity index (χ4n) is 2.95. The van der Waals surface area contributed by atoms with Gasteiger partial charge in [-0.25, -0.2) is 4.98 Å². The number of aromatic nitrogens is 4. The molecule has 0 fully saturated rings. The molecular weight excluding hydrogens is 470 g/mol. The molecule has 3 heterocycles. The molecule has 1 amide bonds. The molecule has 0 spiro atoms. The van der Waals surface area contributed by atoms with Gasteiger partial charge in [-0.2, -0.15) is 13.2 Å². The minimum atomic E-state index is -4.50. The van der Waals surface area contributed by atoms with E-state index < -0.39 is 11.7 Å². The van der Waals surface area contributed by atoms with Crippen molar-refractivity contribution >= 4 is 34.8 Å².